The normalized spacial score (nSPS) is 21.1. The number of ketones is 1. The number of halogens is 1. The number of aliphatic carboxylic acids is 1. The summed E-state index contributed by atoms with van der Waals surface area (Å²) in [6.45, 7) is 22.1. The lowest BCUT2D eigenvalue weighted by Crippen LogP contribution is -2.26. The molecule has 0 saturated heterocycles. The number of nitrogens with zero attached hydrogens (tertiary/aromatic N) is 2. The number of Topliss-reactive ketones (excluding diaryl/α,β-unsaturated/α-hetero) is 1. The predicted molar refractivity (Wildman–Crippen MR) is 273 cm³/mol. The monoisotopic (exact) mass is 989 g/mol. The molecule has 1 aromatic carbocycles. The molecule has 4 fully saturated rings. The van der Waals surface area contributed by atoms with Crippen molar-refractivity contribution in [1.82, 2.24) is 10.3 Å². The van der Waals surface area contributed by atoms with E-state index in [0.29, 0.717) is 34.4 Å². The summed E-state index contributed by atoms with van der Waals surface area (Å²) in [5, 5.41) is 19.0. The van der Waals surface area contributed by atoms with Crippen molar-refractivity contribution in [3.05, 3.63) is 68.4 Å². The standard InChI is InChI=1S/C33H46ClNO4.C25H39NO5/c1-7-21(8-2)14-22-15-26(16-22)32-30(23-11-12-23)31(35-39-32)25(19-29(37)38-33(4,5)6)18-27(36)17-24-10-9-20(3)13-28(24)34;1-6-15(7-2)10-16-11-19(12-16)24-22(17-8-9-17)23(26-31-24)18(13-20(27)28)14-21(29)30-25(3,4)5/h9-10,13,21-23,25-26H,7-8,11-12,14-19H2,1-6H3;15-19H,6-14H2,1-5H3,(H,27,28). The van der Waals surface area contributed by atoms with E-state index in [-0.39, 0.29) is 55.7 Å². The van der Waals surface area contributed by atoms with Crippen LogP contribution in [0.25, 0.3) is 0 Å². The molecule has 12 heteroatoms. The van der Waals surface area contributed by atoms with Crippen LogP contribution < -0.4 is 0 Å². The maximum atomic E-state index is 13.3. The van der Waals surface area contributed by atoms with Crippen LogP contribution >= 0.6 is 11.6 Å². The van der Waals surface area contributed by atoms with E-state index in [2.05, 4.69) is 38.0 Å². The minimum atomic E-state index is -0.936. The van der Waals surface area contributed by atoms with Crippen LogP contribution in [-0.4, -0.2) is 50.3 Å². The van der Waals surface area contributed by atoms with Crippen LogP contribution in [0.3, 0.4) is 0 Å². The number of hydrogen-bond acceptors (Lipinski definition) is 10. The Hall–Kier alpha value is -3.99. The van der Waals surface area contributed by atoms with Gasteiger partial charge < -0.3 is 23.6 Å². The average Bonchev–Trinajstić information content (AvgIpc) is 4.18. The molecule has 4 aliphatic carbocycles. The molecule has 3 aromatic rings. The summed E-state index contributed by atoms with van der Waals surface area (Å²) >= 11 is 6.43. The fourth-order valence-electron chi connectivity index (χ4n) is 11.1. The van der Waals surface area contributed by atoms with Gasteiger partial charge in [0.1, 0.15) is 28.5 Å². The van der Waals surface area contributed by atoms with E-state index in [1.165, 1.54) is 44.1 Å². The van der Waals surface area contributed by atoms with Gasteiger partial charge in [0.25, 0.3) is 0 Å². The fourth-order valence-corrected chi connectivity index (χ4v) is 11.4. The highest BCUT2D eigenvalue weighted by atomic mass is 35.5. The molecule has 2 aromatic heterocycles. The first-order valence-corrected chi connectivity index (χ1v) is 27.4. The number of aryl methyl sites for hydroxylation is 1. The lowest BCUT2D eigenvalue weighted by Gasteiger charge is -2.36. The van der Waals surface area contributed by atoms with E-state index >= 15 is 0 Å². The number of esters is 2. The van der Waals surface area contributed by atoms with Gasteiger partial charge in [0.2, 0.25) is 0 Å². The van der Waals surface area contributed by atoms with Crippen molar-refractivity contribution in [2.24, 2.45) is 23.7 Å². The van der Waals surface area contributed by atoms with Crippen molar-refractivity contribution < 1.29 is 42.8 Å². The molecule has 0 radical (unpaired) electrons. The van der Waals surface area contributed by atoms with Crippen molar-refractivity contribution in [3.63, 3.8) is 0 Å². The molecule has 2 unspecified atom stereocenters. The highest BCUT2D eigenvalue weighted by Gasteiger charge is 2.44. The molecule has 70 heavy (non-hydrogen) atoms. The predicted octanol–water partition coefficient (Wildman–Crippen LogP) is 15.0. The second kappa shape index (κ2) is 24.2. The Morgan fingerprint density at radius 1 is 0.657 bits per heavy atom. The summed E-state index contributed by atoms with van der Waals surface area (Å²) in [5.74, 6) is 4.16. The minimum absolute atomic E-state index is 0.0111. The fraction of sp³-hybridized carbons (Fsp3) is 0.724. The molecule has 2 heterocycles. The van der Waals surface area contributed by atoms with Crippen molar-refractivity contribution in [1.29, 1.82) is 0 Å². The molecule has 4 aliphatic rings. The lowest BCUT2D eigenvalue weighted by atomic mass is 9.68. The molecule has 0 spiro atoms. The third kappa shape index (κ3) is 15.8. The third-order valence-corrected chi connectivity index (χ3v) is 15.7. The molecule has 0 bridgehead atoms. The van der Waals surface area contributed by atoms with Gasteiger partial charge in [-0.2, -0.15) is 0 Å². The molecule has 1 N–H and O–H groups in total. The molecular weight excluding hydrogens is 904 g/mol. The Morgan fingerprint density at radius 3 is 1.43 bits per heavy atom. The van der Waals surface area contributed by atoms with Gasteiger partial charge in [-0.05, 0) is 165 Å². The largest absolute Gasteiger partial charge is 0.481 e. The van der Waals surface area contributed by atoms with Crippen LogP contribution in [0.4, 0.5) is 0 Å². The number of carbonyl (C=O) groups excluding carboxylic acids is 3. The molecule has 388 valence electrons. The molecular formula is C58H85ClN2O9. The number of aromatic nitrogens is 2. The quantitative estimate of drug-likeness (QED) is 0.0851. The summed E-state index contributed by atoms with van der Waals surface area (Å²) in [4.78, 5) is 50.3. The summed E-state index contributed by atoms with van der Waals surface area (Å²) < 4.78 is 23.0. The first-order chi connectivity index (χ1) is 33.1. The summed E-state index contributed by atoms with van der Waals surface area (Å²) in [6.07, 6.45) is 16.9. The molecule has 2 atom stereocenters. The summed E-state index contributed by atoms with van der Waals surface area (Å²) in [7, 11) is 0. The first-order valence-electron chi connectivity index (χ1n) is 27.0. The topological polar surface area (TPSA) is 159 Å². The van der Waals surface area contributed by atoms with E-state index in [4.69, 9.17) is 30.1 Å². The molecule has 7 rings (SSSR count). The number of ether oxygens (including phenoxy) is 2. The van der Waals surface area contributed by atoms with Gasteiger partial charge in [-0.25, -0.2) is 0 Å². The average molecular weight is 990 g/mol. The van der Waals surface area contributed by atoms with Crippen LogP contribution in [0.2, 0.25) is 5.02 Å². The molecule has 11 nitrogen and oxygen atoms in total. The van der Waals surface area contributed by atoms with Gasteiger partial charge in [-0.15, -0.1) is 0 Å². The molecule has 0 aliphatic heterocycles. The maximum absolute atomic E-state index is 13.3. The smallest absolute Gasteiger partial charge is 0.307 e. The zero-order valence-electron chi connectivity index (χ0n) is 44.4. The molecule has 0 amide bonds. The van der Waals surface area contributed by atoms with Crippen molar-refractivity contribution in [2.75, 3.05) is 0 Å². The van der Waals surface area contributed by atoms with Crippen molar-refractivity contribution in [2.45, 2.75) is 245 Å². The van der Waals surface area contributed by atoms with E-state index in [0.717, 1.165) is 109 Å². The summed E-state index contributed by atoms with van der Waals surface area (Å²) in [5.41, 5.74) is 4.42. The summed E-state index contributed by atoms with van der Waals surface area (Å²) in [6, 6.07) is 5.76. The van der Waals surface area contributed by atoms with E-state index in [9.17, 15) is 24.3 Å². The Kier molecular flexibility index (Phi) is 19.1. The highest BCUT2D eigenvalue weighted by Crippen LogP contribution is 2.55. The van der Waals surface area contributed by atoms with Gasteiger partial charge in [0.05, 0.1) is 30.7 Å². The first kappa shape index (κ1) is 55.3. The van der Waals surface area contributed by atoms with E-state index < -0.39 is 23.1 Å². The number of hydrogen-bond donors (Lipinski definition) is 1. The van der Waals surface area contributed by atoms with Crippen molar-refractivity contribution >= 4 is 35.3 Å². The number of carboxylic acids is 1. The Labute approximate surface area is 423 Å². The SMILES string of the molecule is CCC(CC)CC1CC(c2onc(C(CC(=O)Cc3ccc(C)cc3Cl)CC(=O)OC(C)(C)C)c2C2CC2)C1.CCC(CC)CC1CC(c2onc(C(CC(=O)O)CC(=O)OC(C)(C)C)c2C2CC2)C1. The zero-order chi connectivity index (χ0) is 51.1. The van der Waals surface area contributed by atoms with E-state index in [1.54, 1.807) is 0 Å². The van der Waals surface area contributed by atoms with Crippen LogP contribution in [0.1, 0.15) is 265 Å². The second-order valence-electron chi connectivity index (χ2n) is 23.7. The van der Waals surface area contributed by atoms with Crippen LogP contribution in [0.15, 0.2) is 27.2 Å². The van der Waals surface area contributed by atoms with Crippen LogP contribution in [0, 0.1) is 30.6 Å². The van der Waals surface area contributed by atoms with Crippen molar-refractivity contribution in [3.8, 4) is 0 Å². The van der Waals surface area contributed by atoms with Gasteiger partial charge in [0, 0.05) is 52.7 Å². The maximum Gasteiger partial charge on any atom is 0.307 e. The Balaban J connectivity index is 0.000000236. The Morgan fingerprint density at radius 2 is 1.07 bits per heavy atom. The van der Waals surface area contributed by atoms with Gasteiger partial charge in [0.15, 0.2) is 0 Å². The highest BCUT2D eigenvalue weighted by molar-refractivity contribution is 6.31. The number of benzene rings is 1. The van der Waals surface area contributed by atoms with Crippen LogP contribution in [-0.2, 0) is 35.1 Å². The third-order valence-electron chi connectivity index (χ3n) is 15.3. The van der Waals surface area contributed by atoms with Crippen LogP contribution in [0.5, 0.6) is 0 Å². The minimum Gasteiger partial charge on any atom is -0.481 e. The Bertz CT molecular complexity index is 2220. The second-order valence-corrected chi connectivity index (χ2v) is 24.1. The van der Waals surface area contributed by atoms with Gasteiger partial charge in [-0.1, -0.05) is 87.4 Å². The lowest BCUT2D eigenvalue weighted by molar-refractivity contribution is -0.156. The number of rotatable bonds is 24. The number of carboxylic acid groups (broad SMARTS) is 1. The van der Waals surface area contributed by atoms with Gasteiger partial charge in [-0.3, -0.25) is 19.2 Å². The van der Waals surface area contributed by atoms with Gasteiger partial charge >= 0.3 is 17.9 Å². The number of carbonyl (C=O) groups is 4. The zero-order valence-corrected chi connectivity index (χ0v) is 45.2. The van der Waals surface area contributed by atoms with E-state index in [1.807, 2.05) is 66.7 Å². The molecule has 4 saturated carbocycles.